The number of aromatic amines is 1. The fourth-order valence-electron chi connectivity index (χ4n) is 7.77. The summed E-state index contributed by atoms with van der Waals surface area (Å²) in [5.41, 5.74) is 7.07. The molecule has 14 heteroatoms. The van der Waals surface area contributed by atoms with Crippen molar-refractivity contribution in [2.75, 3.05) is 111 Å². The first-order valence-electron chi connectivity index (χ1n) is 23.0. The van der Waals surface area contributed by atoms with Crippen molar-refractivity contribution in [1.29, 1.82) is 0 Å². The molecule has 1 atom stereocenters. The van der Waals surface area contributed by atoms with Gasteiger partial charge in [0, 0.05) is 116 Å². The zero-order valence-electron chi connectivity index (χ0n) is 37.3. The van der Waals surface area contributed by atoms with Crippen LogP contribution in [-0.4, -0.2) is 140 Å². The minimum Gasteiger partial charge on any atom is -0.337 e. The summed E-state index contributed by atoms with van der Waals surface area (Å²) < 4.78 is 24.9. The van der Waals surface area contributed by atoms with Gasteiger partial charge in [0.2, 0.25) is 0 Å². The van der Waals surface area contributed by atoms with E-state index in [1.54, 1.807) is 30.8 Å². The minimum atomic E-state index is -1.03. The first kappa shape index (κ1) is 48.2. The molecule has 2 fully saturated rings. The summed E-state index contributed by atoms with van der Waals surface area (Å²) in [6.45, 7) is 19.6. The second-order valence-electron chi connectivity index (χ2n) is 16.3. The summed E-state index contributed by atoms with van der Waals surface area (Å²) in [5.74, 6) is 0.401. The zero-order chi connectivity index (χ0) is 43.7. The minimum absolute atomic E-state index is 0.289. The summed E-state index contributed by atoms with van der Waals surface area (Å²) >= 11 is 0. The molecule has 1 unspecified atom stereocenters. The largest absolute Gasteiger partial charge is 0.337 e. The van der Waals surface area contributed by atoms with Crippen LogP contribution >= 0.6 is 0 Å². The molecule has 0 amide bonds. The highest BCUT2D eigenvalue weighted by Gasteiger charge is 2.16. The number of benzene rings is 3. The maximum atomic E-state index is 13.3. The predicted octanol–water partition coefficient (Wildman–Crippen LogP) is 5.10. The zero-order valence-corrected chi connectivity index (χ0v) is 38.1. The number of imidazole rings is 1. The van der Waals surface area contributed by atoms with Crippen LogP contribution < -0.4 is 31.9 Å². The molecule has 7 N–H and O–H groups in total. The Balaban J connectivity index is 0.000000218. The van der Waals surface area contributed by atoms with E-state index in [4.69, 9.17) is 4.98 Å². The molecule has 2 aliphatic heterocycles. The molecular weight excluding hydrogens is 810 g/mol. The number of hydrogen-bond acceptors (Lipinski definition) is 11. The highest BCUT2D eigenvalue weighted by atomic mass is 32.2. The Morgan fingerprint density at radius 2 is 0.984 bits per heavy atom. The normalized spacial score (nSPS) is 18.3. The van der Waals surface area contributed by atoms with Gasteiger partial charge in [-0.3, -0.25) is 19.0 Å². The molecule has 12 nitrogen and oxygen atoms in total. The van der Waals surface area contributed by atoms with E-state index in [0.29, 0.717) is 5.82 Å². The lowest BCUT2D eigenvalue weighted by atomic mass is 10.1. The van der Waals surface area contributed by atoms with Crippen LogP contribution in [0.1, 0.15) is 36.8 Å². The third-order valence-electron chi connectivity index (χ3n) is 11.3. The molecule has 4 heterocycles. The molecule has 0 spiro atoms. The molecule has 0 aliphatic carbocycles. The van der Waals surface area contributed by atoms with Gasteiger partial charge in [-0.25, -0.2) is 9.37 Å². The number of rotatable bonds is 8. The third-order valence-corrected chi connectivity index (χ3v) is 12.3. The van der Waals surface area contributed by atoms with Crippen molar-refractivity contribution in [3.05, 3.63) is 114 Å². The van der Waals surface area contributed by atoms with E-state index in [-0.39, 0.29) is 5.82 Å². The summed E-state index contributed by atoms with van der Waals surface area (Å²) in [6, 6.07) is 26.9. The van der Waals surface area contributed by atoms with Crippen LogP contribution in [0.5, 0.6) is 0 Å². The lowest BCUT2D eigenvalue weighted by Gasteiger charge is -2.24. The number of hydrogen-bond donors (Lipinski definition) is 7. The van der Waals surface area contributed by atoms with Gasteiger partial charge in [-0.1, -0.05) is 36.4 Å². The van der Waals surface area contributed by atoms with Crippen molar-refractivity contribution in [2.24, 2.45) is 0 Å². The Morgan fingerprint density at radius 3 is 1.48 bits per heavy atom. The quantitative estimate of drug-likeness (QED) is 0.112. The van der Waals surface area contributed by atoms with Gasteiger partial charge in [-0.15, -0.1) is 0 Å². The predicted molar refractivity (Wildman–Crippen MR) is 258 cm³/mol. The van der Waals surface area contributed by atoms with Crippen molar-refractivity contribution < 1.29 is 8.60 Å². The smallest absolute Gasteiger partial charge is 0.138 e. The van der Waals surface area contributed by atoms with Gasteiger partial charge in [0.15, 0.2) is 0 Å². The number of H-pyrrole nitrogens is 1. The van der Waals surface area contributed by atoms with Crippen LogP contribution in [0.25, 0.3) is 33.9 Å². The van der Waals surface area contributed by atoms with Crippen molar-refractivity contribution in [3.8, 4) is 33.9 Å². The summed E-state index contributed by atoms with van der Waals surface area (Å²) in [6.07, 6.45) is 9.88. The number of halogens is 1. The third kappa shape index (κ3) is 17.4. The molecule has 2 aliphatic rings. The van der Waals surface area contributed by atoms with Crippen molar-refractivity contribution in [1.82, 2.24) is 56.7 Å². The number of nitrogens with zero attached hydrogens (tertiary/aromatic N) is 4. The van der Waals surface area contributed by atoms with Crippen LogP contribution in [0.3, 0.4) is 0 Å². The topological polar surface area (TPSA) is 137 Å². The lowest BCUT2D eigenvalue weighted by Crippen LogP contribution is -2.36. The van der Waals surface area contributed by atoms with Crippen LogP contribution in [0.2, 0.25) is 0 Å². The van der Waals surface area contributed by atoms with Gasteiger partial charge in [0.1, 0.15) is 11.6 Å². The maximum absolute atomic E-state index is 13.3. The molecule has 3 aromatic carbocycles. The van der Waals surface area contributed by atoms with E-state index >= 15 is 0 Å². The van der Waals surface area contributed by atoms with Crippen molar-refractivity contribution in [3.63, 3.8) is 0 Å². The van der Waals surface area contributed by atoms with Crippen LogP contribution in [0.15, 0.2) is 102 Å². The van der Waals surface area contributed by atoms with E-state index in [0.717, 1.165) is 151 Å². The Bertz CT molecular complexity index is 1930. The monoisotopic (exact) mass is 880 g/mol. The van der Waals surface area contributed by atoms with Gasteiger partial charge >= 0.3 is 0 Å². The van der Waals surface area contributed by atoms with E-state index in [1.165, 1.54) is 48.9 Å². The van der Waals surface area contributed by atoms with Gasteiger partial charge in [-0.05, 0) is 138 Å². The standard InChI is InChI=1S/C28H54N8.C21H16FN3OS/c1-9-29-15-17-31-13-3-21-35(23-19-33-11-1)25-27-5-7-28(8-6-27)26-36-22-4-14-32-18-16-30-10-2-12-34-20-24-36;1-27(26)18-8-4-16(5-9-18)21-24-19(14-2-6-17(22)7-3-14)20(25-21)15-10-12-23-13-11-15/h5-8,29-34H,1-4,9-26H2;2-13H,1H3,(H,24,25). The van der Waals surface area contributed by atoms with E-state index < -0.39 is 10.8 Å². The highest BCUT2D eigenvalue weighted by molar-refractivity contribution is 7.84. The molecule has 5 aromatic rings. The van der Waals surface area contributed by atoms with Crippen LogP contribution in [0.4, 0.5) is 4.39 Å². The van der Waals surface area contributed by atoms with Crippen molar-refractivity contribution >= 4 is 10.8 Å². The molecule has 340 valence electrons. The van der Waals surface area contributed by atoms with E-state index in [2.05, 4.69) is 75.9 Å². The lowest BCUT2D eigenvalue weighted by molar-refractivity contribution is 0.258. The molecular formula is C49H70FN11OS. The molecule has 0 saturated carbocycles. The first-order valence-corrected chi connectivity index (χ1v) is 24.5. The fraction of sp³-hybridized carbons (Fsp3) is 0.469. The first-order chi connectivity index (χ1) is 31.0. The fourth-order valence-corrected chi connectivity index (χ4v) is 8.29. The van der Waals surface area contributed by atoms with Gasteiger partial charge in [0.05, 0.1) is 11.4 Å². The van der Waals surface area contributed by atoms with E-state index in [9.17, 15) is 8.60 Å². The van der Waals surface area contributed by atoms with Crippen LogP contribution in [-0.2, 0) is 23.9 Å². The molecule has 0 bridgehead atoms. The molecule has 2 aromatic heterocycles. The molecule has 63 heavy (non-hydrogen) atoms. The summed E-state index contributed by atoms with van der Waals surface area (Å²) in [5, 5.41) is 21.4. The number of aromatic nitrogens is 3. The van der Waals surface area contributed by atoms with Gasteiger partial charge in [0.25, 0.3) is 0 Å². The highest BCUT2D eigenvalue weighted by Crippen LogP contribution is 2.33. The SMILES string of the molecule is CS(=O)c1ccc(-c2nc(-c3ccc(F)cc3)c(-c3ccncc3)[nH]2)cc1.c1cc(CN2CCCNCCNCCCNCC2)ccc1CN1CCCNCCNCCCNCC1. The number of nitrogens with one attached hydrogen (secondary N) is 7. The number of pyridine rings is 1. The molecule has 0 radical (unpaired) electrons. The average Bonchev–Trinajstić information content (AvgIpc) is 3.76. The molecule has 7 rings (SSSR count). The second-order valence-corrected chi connectivity index (χ2v) is 17.7. The summed E-state index contributed by atoms with van der Waals surface area (Å²) in [7, 11) is -1.03. The van der Waals surface area contributed by atoms with Crippen LogP contribution in [0, 0.1) is 5.82 Å². The summed E-state index contributed by atoms with van der Waals surface area (Å²) in [4.78, 5) is 18.2. The van der Waals surface area contributed by atoms with Gasteiger partial charge < -0.3 is 36.9 Å². The second kappa shape index (κ2) is 27.9. The molecule has 2 saturated heterocycles. The van der Waals surface area contributed by atoms with Crippen molar-refractivity contribution in [2.45, 2.75) is 43.7 Å². The maximum Gasteiger partial charge on any atom is 0.138 e. The Hall–Kier alpha value is -4.22. The van der Waals surface area contributed by atoms with Gasteiger partial charge in [-0.2, -0.15) is 0 Å². The Labute approximate surface area is 377 Å². The Kier molecular flexibility index (Phi) is 21.3. The van der Waals surface area contributed by atoms with E-state index in [1.807, 2.05) is 36.4 Å². The Morgan fingerprint density at radius 1 is 0.524 bits per heavy atom. The average molecular weight is 880 g/mol.